The second kappa shape index (κ2) is 7.72. The zero-order valence-corrected chi connectivity index (χ0v) is 14.1. The Morgan fingerprint density at radius 3 is 3.22 bits per heavy atom. The number of aromatic nitrogens is 2. The van der Waals surface area contributed by atoms with E-state index >= 15 is 0 Å². The van der Waals surface area contributed by atoms with Gasteiger partial charge in [-0.25, -0.2) is 0 Å². The number of carbonyl (C=O) groups is 1. The highest BCUT2D eigenvalue weighted by Crippen LogP contribution is 2.10. The second-order valence-electron chi connectivity index (χ2n) is 5.84. The number of carbonyl (C=O) groups excluding carboxylic acids is 1. The van der Waals surface area contributed by atoms with Gasteiger partial charge < -0.3 is 9.64 Å². The summed E-state index contributed by atoms with van der Waals surface area (Å²) in [6, 6.07) is 3.97. The van der Waals surface area contributed by atoms with Crippen molar-refractivity contribution in [3.05, 3.63) is 40.8 Å². The van der Waals surface area contributed by atoms with E-state index in [4.69, 9.17) is 4.74 Å². The smallest absolute Gasteiger partial charge is 0.236 e. The summed E-state index contributed by atoms with van der Waals surface area (Å²) in [5.41, 5.74) is 1.18. The van der Waals surface area contributed by atoms with Gasteiger partial charge in [0.05, 0.1) is 25.8 Å². The number of rotatable bonds is 6. The molecule has 2 aromatic rings. The third-order valence-corrected chi connectivity index (χ3v) is 4.69. The van der Waals surface area contributed by atoms with E-state index in [2.05, 4.69) is 21.4 Å². The Hall–Kier alpha value is -1.70. The van der Waals surface area contributed by atoms with Crippen molar-refractivity contribution in [3.8, 4) is 0 Å². The molecular formula is C16H22N4O2S. The molecule has 1 amide bonds. The van der Waals surface area contributed by atoms with Gasteiger partial charge in [-0.3, -0.25) is 14.4 Å². The minimum absolute atomic E-state index is 0.0821. The fraction of sp³-hybridized carbons (Fsp3) is 0.500. The maximum atomic E-state index is 12.4. The molecule has 7 heteroatoms. The van der Waals surface area contributed by atoms with Gasteiger partial charge in [0.15, 0.2) is 0 Å². The van der Waals surface area contributed by atoms with Crippen LogP contribution >= 0.6 is 11.3 Å². The monoisotopic (exact) mass is 334 g/mol. The molecule has 1 unspecified atom stereocenters. The molecule has 0 N–H and O–H groups in total. The van der Waals surface area contributed by atoms with Crippen molar-refractivity contribution in [2.45, 2.75) is 19.2 Å². The predicted octanol–water partition coefficient (Wildman–Crippen LogP) is 1.30. The lowest BCUT2D eigenvalue weighted by atomic mass is 10.2. The van der Waals surface area contributed by atoms with Gasteiger partial charge >= 0.3 is 0 Å². The number of likely N-dealkylation sites (N-methyl/N-ethyl adjacent to an activating group) is 1. The number of thiophene rings is 1. The molecule has 6 nitrogen and oxygen atoms in total. The van der Waals surface area contributed by atoms with Crippen LogP contribution in [-0.2, 0) is 22.6 Å². The first-order valence-electron chi connectivity index (χ1n) is 7.77. The summed E-state index contributed by atoms with van der Waals surface area (Å²) >= 11 is 1.66. The van der Waals surface area contributed by atoms with Crippen LogP contribution in [0.4, 0.5) is 0 Å². The SMILES string of the molecule is CN(Cc1ccsc1)C(=O)CN1CCOC(Cn2cccn2)C1. The van der Waals surface area contributed by atoms with Gasteiger partial charge in [0.25, 0.3) is 0 Å². The molecule has 0 aromatic carbocycles. The van der Waals surface area contributed by atoms with Crippen molar-refractivity contribution in [1.29, 1.82) is 0 Å². The Kier molecular flexibility index (Phi) is 5.43. The molecule has 1 atom stereocenters. The molecule has 1 saturated heterocycles. The maximum absolute atomic E-state index is 12.4. The summed E-state index contributed by atoms with van der Waals surface area (Å²) in [6.45, 7) is 4.06. The van der Waals surface area contributed by atoms with Crippen LogP contribution in [0.25, 0.3) is 0 Å². The zero-order valence-electron chi connectivity index (χ0n) is 13.3. The average molecular weight is 334 g/mol. The van der Waals surface area contributed by atoms with Crippen LogP contribution in [0.15, 0.2) is 35.3 Å². The first kappa shape index (κ1) is 16.2. The maximum Gasteiger partial charge on any atom is 0.236 e. The molecule has 0 saturated carbocycles. The molecule has 3 rings (SSSR count). The third-order valence-electron chi connectivity index (χ3n) is 3.96. The van der Waals surface area contributed by atoms with Gasteiger partial charge in [0.2, 0.25) is 5.91 Å². The highest BCUT2D eigenvalue weighted by atomic mass is 32.1. The Morgan fingerprint density at radius 2 is 2.48 bits per heavy atom. The van der Waals surface area contributed by atoms with E-state index in [1.807, 2.05) is 29.4 Å². The number of ether oxygens (including phenoxy) is 1. The number of hydrogen-bond acceptors (Lipinski definition) is 5. The summed E-state index contributed by atoms with van der Waals surface area (Å²) in [5, 5.41) is 8.33. The van der Waals surface area contributed by atoms with Crippen LogP contribution in [0.5, 0.6) is 0 Å². The largest absolute Gasteiger partial charge is 0.374 e. The molecular weight excluding hydrogens is 312 g/mol. The van der Waals surface area contributed by atoms with Gasteiger partial charge in [0, 0.05) is 39.1 Å². The van der Waals surface area contributed by atoms with Crippen molar-refractivity contribution in [3.63, 3.8) is 0 Å². The fourth-order valence-corrected chi connectivity index (χ4v) is 3.37. The summed E-state index contributed by atoms with van der Waals surface area (Å²) in [5.74, 6) is 0.149. The molecule has 1 aliphatic heterocycles. The fourth-order valence-electron chi connectivity index (χ4n) is 2.71. The van der Waals surface area contributed by atoms with E-state index in [0.29, 0.717) is 19.7 Å². The number of morpholine rings is 1. The predicted molar refractivity (Wildman–Crippen MR) is 89.2 cm³/mol. The molecule has 0 bridgehead atoms. The van der Waals surface area contributed by atoms with E-state index in [-0.39, 0.29) is 12.0 Å². The Morgan fingerprint density at radius 1 is 1.57 bits per heavy atom. The van der Waals surface area contributed by atoms with Crippen molar-refractivity contribution in [1.82, 2.24) is 19.6 Å². The second-order valence-corrected chi connectivity index (χ2v) is 6.62. The minimum atomic E-state index is 0.0821. The van der Waals surface area contributed by atoms with E-state index in [9.17, 15) is 4.79 Å². The molecule has 23 heavy (non-hydrogen) atoms. The summed E-state index contributed by atoms with van der Waals surface area (Å²) in [4.78, 5) is 16.4. The van der Waals surface area contributed by atoms with E-state index < -0.39 is 0 Å². The number of hydrogen-bond donors (Lipinski definition) is 0. The Bertz CT molecular complexity index is 600. The van der Waals surface area contributed by atoms with Crippen molar-refractivity contribution in [2.75, 3.05) is 33.3 Å². The quantitative estimate of drug-likeness (QED) is 0.799. The highest BCUT2D eigenvalue weighted by Gasteiger charge is 2.23. The van der Waals surface area contributed by atoms with Gasteiger partial charge in [-0.1, -0.05) is 0 Å². The first-order chi connectivity index (χ1) is 11.2. The normalized spacial score (nSPS) is 18.9. The average Bonchev–Trinajstić information content (AvgIpc) is 3.21. The summed E-state index contributed by atoms with van der Waals surface area (Å²) in [6.07, 6.45) is 3.78. The first-order valence-corrected chi connectivity index (χ1v) is 8.71. The Balaban J connectivity index is 1.47. The van der Waals surface area contributed by atoms with Gasteiger partial charge in [-0.15, -0.1) is 0 Å². The zero-order chi connectivity index (χ0) is 16.1. The topological polar surface area (TPSA) is 50.6 Å². The standard InChI is InChI=1S/C16H22N4O2S/c1-18(9-14-3-8-23-13-14)16(21)12-19-6-7-22-15(10-19)11-20-5-2-4-17-20/h2-5,8,13,15H,6-7,9-12H2,1H3. The van der Waals surface area contributed by atoms with Crippen LogP contribution in [0.2, 0.25) is 0 Å². The van der Waals surface area contributed by atoms with E-state index in [0.717, 1.165) is 19.6 Å². The summed E-state index contributed by atoms with van der Waals surface area (Å²) < 4.78 is 7.66. The molecule has 0 aliphatic carbocycles. The lowest BCUT2D eigenvalue weighted by Gasteiger charge is -2.33. The van der Waals surface area contributed by atoms with Crippen LogP contribution in [0, 0.1) is 0 Å². The lowest BCUT2D eigenvalue weighted by molar-refractivity contribution is -0.133. The van der Waals surface area contributed by atoms with E-state index in [1.54, 1.807) is 22.4 Å². The lowest BCUT2D eigenvalue weighted by Crippen LogP contribution is -2.48. The van der Waals surface area contributed by atoms with Crippen LogP contribution in [0.3, 0.4) is 0 Å². The van der Waals surface area contributed by atoms with Crippen molar-refractivity contribution < 1.29 is 9.53 Å². The minimum Gasteiger partial charge on any atom is -0.374 e. The van der Waals surface area contributed by atoms with Gasteiger partial charge in [-0.05, 0) is 28.5 Å². The molecule has 2 aromatic heterocycles. The van der Waals surface area contributed by atoms with E-state index in [1.165, 1.54) is 5.56 Å². The molecule has 124 valence electrons. The number of nitrogens with zero attached hydrogens (tertiary/aromatic N) is 4. The molecule has 0 spiro atoms. The highest BCUT2D eigenvalue weighted by molar-refractivity contribution is 7.07. The van der Waals surface area contributed by atoms with Crippen molar-refractivity contribution >= 4 is 17.2 Å². The molecule has 1 aliphatic rings. The molecule has 3 heterocycles. The van der Waals surface area contributed by atoms with Crippen LogP contribution < -0.4 is 0 Å². The Labute approximate surface area is 140 Å². The summed E-state index contributed by atoms with van der Waals surface area (Å²) in [7, 11) is 1.86. The molecule has 1 fully saturated rings. The van der Waals surface area contributed by atoms with Crippen LogP contribution in [-0.4, -0.2) is 64.9 Å². The van der Waals surface area contributed by atoms with Crippen molar-refractivity contribution in [2.24, 2.45) is 0 Å². The van der Waals surface area contributed by atoms with Gasteiger partial charge in [0.1, 0.15) is 0 Å². The van der Waals surface area contributed by atoms with Gasteiger partial charge in [-0.2, -0.15) is 16.4 Å². The molecule has 0 radical (unpaired) electrons. The third kappa shape index (κ3) is 4.63. The van der Waals surface area contributed by atoms with Crippen LogP contribution in [0.1, 0.15) is 5.56 Å². The number of amides is 1.